The molecule has 0 unspecified atom stereocenters. The van der Waals surface area contributed by atoms with Crippen LogP contribution in [0.1, 0.15) is 22.8 Å². The van der Waals surface area contributed by atoms with Crippen LogP contribution in [0.2, 0.25) is 0 Å². The number of hydrogen-bond acceptors (Lipinski definition) is 7. The van der Waals surface area contributed by atoms with Gasteiger partial charge in [0, 0.05) is 12.8 Å². The SMILES string of the molecule is C[C@@H](OC(=O)c1ccccc1S(C)(=O)=O)C(=O)NCc1ccc2c(c1)OCO2. The van der Waals surface area contributed by atoms with Crippen LogP contribution in [0.25, 0.3) is 0 Å². The molecule has 1 aliphatic rings. The van der Waals surface area contributed by atoms with E-state index in [1.165, 1.54) is 31.2 Å². The molecule has 1 amide bonds. The summed E-state index contributed by atoms with van der Waals surface area (Å²) < 4.78 is 39.3. The zero-order valence-corrected chi connectivity index (χ0v) is 16.1. The van der Waals surface area contributed by atoms with E-state index in [9.17, 15) is 18.0 Å². The van der Waals surface area contributed by atoms with Crippen molar-refractivity contribution in [2.75, 3.05) is 13.0 Å². The van der Waals surface area contributed by atoms with Gasteiger partial charge in [0.05, 0.1) is 10.5 Å². The van der Waals surface area contributed by atoms with Gasteiger partial charge in [-0.25, -0.2) is 13.2 Å². The summed E-state index contributed by atoms with van der Waals surface area (Å²) in [6.07, 6.45) is -0.102. The number of ether oxygens (including phenoxy) is 3. The van der Waals surface area contributed by atoms with E-state index in [-0.39, 0.29) is 23.8 Å². The first-order valence-electron chi connectivity index (χ1n) is 8.42. The molecule has 3 rings (SSSR count). The number of sulfone groups is 1. The van der Waals surface area contributed by atoms with Gasteiger partial charge in [-0.15, -0.1) is 0 Å². The number of fused-ring (bicyclic) bond motifs is 1. The highest BCUT2D eigenvalue weighted by atomic mass is 32.2. The van der Waals surface area contributed by atoms with Crippen LogP contribution < -0.4 is 14.8 Å². The predicted octanol–water partition coefficient (Wildman–Crippen LogP) is 1.68. The van der Waals surface area contributed by atoms with E-state index >= 15 is 0 Å². The highest BCUT2D eigenvalue weighted by Crippen LogP contribution is 2.32. The molecular weight excluding hydrogens is 386 g/mol. The standard InChI is InChI=1S/C19H19NO7S/c1-12(27-19(22)14-5-3-4-6-17(14)28(2,23)24)18(21)20-10-13-7-8-15-16(9-13)26-11-25-15/h3-9,12H,10-11H2,1-2H3,(H,20,21)/t12-/m1/s1. The maximum absolute atomic E-state index is 12.3. The Kier molecular flexibility index (Phi) is 5.55. The Morgan fingerprint density at radius 3 is 2.61 bits per heavy atom. The number of esters is 1. The van der Waals surface area contributed by atoms with Crippen LogP contribution >= 0.6 is 0 Å². The van der Waals surface area contributed by atoms with Gasteiger partial charge in [-0.2, -0.15) is 0 Å². The normalized spacial score (nSPS) is 13.6. The summed E-state index contributed by atoms with van der Waals surface area (Å²) in [6.45, 7) is 1.78. The average Bonchev–Trinajstić information content (AvgIpc) is 3.13. The molecule has 0 aromatic heterocycles. The fourth-order valence-electron chi connectivity index (χ4n) is 2.62. The van der Waals surface area contributed by atoms with E-state index in [2.05, 4.69) is 5.32 Å². The molecule has 9 heteroatoms. The quantitative estimate of drug-likeness (QED) is 0.729. The second-order valence-corrected chi connectivity index (χ2v) is 8.21. The maximum Gasteiger partial charge on any atom is 0.340 e. The molecule has 0 radical (unpaired) electrons. The Balaban J connectivity index is 1.61. The van der Waals surface area contributed by atoms with Gasteiger partial charge >= 0.3 is 5.97 Å². The van der Waals surface area contributed by atoms with Crippen LogP contribution in [-0.2, 0) is 25.9 Å². The molecule has 1 atom stereocenters. The van der Waals surface area contributed by atoms with Gasteiger partial charge < -0.3 is 19.5 Å². The Hall–Kier alpha value is -3.07. The number of amides is 1. The fourth-order valence-corrected chi connectivity index (χ4v) is 3.50. The minimum atomic E-state index is -3.61. The maximum atomic E-state index is 12.3. The topological polar surface area (TPSA) is 108 Å². The van der Waals surface area contributed by atoms with E-state index in [0.717, 1.165) is 11.8 Å². The number of carbonyl (C=O) groups is 2. The minimum absolute atomic E-state index is 0.111. The lowest BCUT2D eigenvalue weighted by Gasteiger charge is -2.15. The van der Waals surface area contributed by atoms with Crippen molar-refractivity contribution in [3.05, 3.63) is 53.6 Å². The van der Waals surface area contributed by atoms with Crippen molar-refractivity contribution in [3.8, 4) is 11.5 Å². The minimum Gasteiger partial charge on any atom is -0.454 e. The Morgan fingerprint density at radius 1 is 1.14 bits per heavy atom. The number of hydrogen-bond donors (Lipinski definition) is 1. The van der Waals surface area contributed by atoms with Crippen molar-refractivity contribution >= 4 is 21.7 Å². The number of benzene rings is 2. The Bertz CT molecular complexity index is 1020. The summed E-state index contributed by atoms with van der Waals surface area (Å²) in [5, 5.41) is 2.66. The second-order valence-electron chi connectivity index (χ2n) is 6.22. The van der Waals surface area contributed by atoms with Gasteiger partial charge in [0.2, 0.25) is 6.79 Å². The molecular formula is C19H19NO7S. The zero-order chi connectivity index (χ0) is 20.3. The van der Waals surface area contributed by atoms with Crippen LogP contribution in [0, 0.1) is 0 Å². The molecule has 2 aromatic rings. The monoisotopic (exact) mass is 405 g/mol. The number of rotatable bonds is 6. The van der Waals surface area contributed by atoms with Gasteiger partial charge in [-0.3, -0.25) is 4.79 Å². The third kappa shape index (κ3) is 4.42. The van der Waals surface area contributed by atoms with Gasteiger partial charge in [-0.05, 0) is 36.8 Å². The first-order valence-corrected chi connectivity index (χ1v) is 10.3. The number of carbonyl (C=O) groups excluding carboxylic acids is 2. The van der Waals surface area contributed by atoms with Gasteiger partial charge in [0.15, 0.2) is 27.4 Å². The predicted molar refractivity (Wildman–Crippen MR) is 98.8 cm³/mol. The largest absolute Gasteiger partial charge is 0.454 e. The third-order valence-electron chi connectivity index (χ3n) is 4.06. The first kappa shape index (κ1) is 19.7. The molecule has 0 saturated heterocycles. The fraction of sp³-hybridized carbons (Fsp3) is 0.263. The van der Waals surface area contributed by atoms with Gasteiger partial charge in [-0.1, -0.05) is 18.2 Å². The molecule has 2 aromatic carbocycles. The summed E-state index contributed by atoms with van der Waals surface area (Å²) in [5.74, 6) is -0.153. The summed E-state index contributed by atoms with van der Waals surface area (Å²) in [7, 11) is -3.61. The molecule has 0 spiro atoms. The molecule has 1 aliphatic heterocycles. The smallest absolute Gasteiger partial charge is 0.340 e. The van der Waals surface area contributed by atoms with Gasteiger partial charge in [0.1, 0.15) is 0 Å². The highest BCUT2D eigenvalue weighted by molar-refractivity contribution is 7.90. The van der Waals surface area contributed by atoms with Crippen molar-refractivity contribution < 1.29 is 32.2 Å². The van der Waals surface area contributed by atoms with Crippen molar-refractivity contribution in [1.82, 2.24) is 5.32 Å². The number of nitrogens with one attached hydrogen (secondary N) is 1. The van der Waals surface area contributed by atoms with E-state index in [0.29, 0.717) is 11.5 Å². The summed E-state index contributed by atoms with van der Waals surface area (Å²) in [6, 6.07) is 11.0. The molecule has 1 N–H and O–H groups in total. The van der Waals surface area contributed by atoms with E-state index in [1.54, 1.807) is 18.2 Å². The Labute approximate surface area is 162 Å². The van der Waals surface area contributed by atoms with E-state index in [4.69, 9.17) is 14.2 Å². The molecule has 148 valence electrons. The zero-order valence-electron chi connectivity index (χ0n) is 15.3. The third-order valence-corrected chi connectivity index (χ3v) is 5.22. The summed E-state index contributed by atoms with van der Waals surface area (Å²) in [5.41, 5.74) is 0.680. The molecule has 0 saturated carbocycles. The lowest BCUT2D eigenvalue weighted by Crippen LogP contribution is -2.35. The molecule has 0 fully saturated rings. The first-order chi connectivity index (χ1) is 13.3. The van der Waals surface area contributed by atoms with Crippen LogP contribution in [0.3, 0.4) is 0 Å². The van der Waals surface area contributed by atoms with Crippen molar-refractivity contribution in [2.45, 2.75) is 24.5 Å². The van der Waals surface area contributed by atoms with Crippen LogP contribution in [0.15, 0.2) is 47.4 Å². The molecule has 0 bridgehead atoms. The highest BCUT2D eigenvalue weighted by Gasteiger charge is 2.24. The van der Waals surface area contributed by atoms with Crippen LogP contribution in [0.4, 0.5) is 0 Å². The molecule has 0 aliphatic carbocycles. The van der Waals surface area contributed by atoms with Crippen LogP contribution in [0.5, 0.6) is 11.5 Å². The molecule has 8 nitrogen and oxygen atoms in total. The molecule has 28 heavy (non-hydrogen) atoms. The lowest BCUT2D eigenvalue weighted by atomic mass is 10.2. The van der Waals surface area contributed by atoms with Gasteiger partial charge in [0.25, 0.3) is 5.91 Å². The van der Waals surface area contributed by atoms with Crippen molar-refractivity contribution in [2.24, 2.45) is 0 Å². The van der Waals surface area contributed by atoms with Crippen molar-refractivity contribution in [3.63, 3.8) is 0 Å². The Morgan fingerprint density at radius 2 is 1.86 bits per heavy atom. The average molecular weight is 405 g/mol. The molecule has 1 heterocycles. The van der Waals surface area contributed by atoms with E-state index < -0.39 is 27.8 Å². The lowest BCUT2D eigenvalue weighted by molar-refractivity contribution is -0.129. The van der Waals surface area contributed by atoms with E-state index in [1.807, 2.05) is 0 Å². The summed E-state index contributed by atoms with van der Waals surface area (Å²) >= 11 is 0. The summed E-state index contributed by atoms with van der Waals surface area (Å²) in [4.78, 5) is 24.4. The van der Waals surface area contributed by atoms with Crippen LogP contribution in [-0.4, -0.2) is 39.4 Å². The van der Waals surface area contributed by atoms with Crippen molar-refractivity contribution in [1.29, 1.82) is 0 Å². The second kappa shape index (κ2) is 7.89.